The van der Waals surface area contributed by atoms with Gasteiger partial charge in [-0.15, -0.1) is 0 Å². The Balaban J connectivity index is 1.60. The number of rotatable bonds is 5. The Morgan fingerprint density at radius 1 is 1.28 bits per heavy atom. The molecule has 1 aliphatic carbocycles. The normalized spacial score (nSPS) is 19.0. The van der Waals surface area contributed by atoms with E-state index in [4.69, 9.17) is 9.47 Å². The maximum Gasteiger partial charge on any atom is 0.148 e. The minimum atomic E-state index is -0.398. The lowest BCUT2D eigenvalue weighted by Crippen LogP contribution is -2.42. The first-order valence-electron chi connectivity index (χ1n) is 9.40. The van der Waals surface area contributed by atoms with Crippen molar-refractivity contribution in [2.75, 3.05) is 26.1 Å². The summed E-state index contributed by atoms with van der Waals surface area (Å²) in [6.07, 6.45) is 5.46. The lowest BCUT2D eigenvalue weighted by Gasteiger charge is -2.35. The van der Waals surface area contributed by atoms with Crippen LogP contribution in [0.5, 0.6) is 0 Å². The molecule has 3 heterocycles. The molecular formula is C20H21FN6O2. The number of ether oxygens (including phenoxy) is 2. The molecule has 0 spiro atoms. The summed E-state index contributed by atoms with van der Waals surface area (Å²) in [5.41, 5.74) is 3.49. The van der Waals surface area contributed by atoms with E-state index in [-0.39, 0.29) is 5.82 Å². The van der Waals surface area contributed by atoms with Crippen molar-refractivity contribution >= 4 is 33.4 Å². The molecule has 0 fully saturated rings. The van der Waals surface area contributed by atoms with E-state index in [0.717, 1.165) is 40.5 Å². The van der Waals surface area contributed by atoms with Gasteiger partial charge in [-0.05, 0) is 24.5 Å². The number of hydrogen-bond acceptors (Lipinski definition) is 6. The van der Waals surface area contributed by atoms with E-state index < -0.39 is 5.60 Å². The smallest absolute Gasteiger partial charge is 0.148 e. The van der Waals surface area contributed by atoms with E-state index in [2.05, 4.69) is 30.5 Å². The van der Waals surface area contributed by atoms with Gasteiger partial charge in [-0.3, -0.25) is 5.10 Å². The molecule has 0 radical (unpaired) electrons. The number of aryl methyl sites for hydroxylation is 1. The third-order valence-corrected chi connectivity index (χ3v) is 5.73. The Kier molecular flexibility index (Phi) is 4.21. The van der Waals surface area contributed by atoms with Crippen LogP contribution in [0, 0.1) is 5.82 Å². The molecule has 0 amide bonds. The van der Waals surface area contributed by atoms with Gasteiger partial charge in [-0.2, -0.15) is 5.10 Å². The van der Waals surface area contributed by atoms with Crippen molar-refractivity contribution in [1.82, 2.24) is 25.1 Å². The first-order valence-corrected chi connectivity index (χ1v) is 9.40. The highest BCUT2D eigenvalue weighted by Crippen LogP contribution is 2.38. The predicted molar refractivity (Wildman–Crippen MR) is 107 cm³/mol. The lowest BCUT2D eigenvalue weighted by molar-refractivity contribution is -0.0721. The number of hydrogen-bond donors (Lipinski definition) is 3. The summed E-state index contributed by atoms with van der Waals surface area (Å²) in [6, 6.07) is 3.13. The van der Waals surface area contributed by atoms with Gasteiger partial charge < -0.3 is 19.8 Å². The van der Waals surface area contributed by atoms with Crippen LogP contribution in [0.15, 0.2) is 24.7 Å². The van der Waals surface area contributed by atoms with Crippen LogP contribution in [0.3, 0.4) is 0 Å². The molecule has 0 unspecified atom stereocenters. The van der Waals surface area contributed by atoms with Crippen LogP contribution < -0.4 is 5.32 Å². The molecule has 4 aromatic rings. The topological polar surface area (TPSA) is 101 Å². The Morgan fingerprint density at radius 3 is 3.00 bits per heavy atom. The number of fused-ring (bicyclic) bond motifs is 4. The summed E-state index contributed by atoms with van der Waals surface area (Å²) in [4.78, 5) is 12.2. The monoisotopic (exact) mass is 396 g/mol. The van der Waals surface area contributed by atoms with Gasteiger partial charge in [0.1, 0.15) is 23.6 Å². The van der Waals surface area contributed by atoms with Crippen LogP contribution >= 0.6 is 0 Å². The molecule has 9 heteroatoms. The number of H-pyrrole nitrogens is 2. The maximum atomic E-state index is 14.6. The first kappa shape index (κ1) is 18.0. The van der Waals surface area contributed by atoms with Gasteiger partial charge in [0.15, 0.2) is 0 Å². The third kappa shape index (κ3) is 2.93. The van der Waals surface area contributed by atoms with Crippen LogP contribution in [0.4, 0.5) is 15.9 Å². The second kappa shape index (κ2) is 6.78. The van der Waals surface area contributed by atoms with Crippen molar-refractivity contribution in [3.8, 4) is 0 Å². The number of methoxy groups -OCH3 is 2. The fourth-order valence-corrected chi connectivity index (χ4v) is 4.21. The summed E-state index contributed by atoms with van der Waals surface area (Å²) in [7, 11) is 3.39. The van der Waals surface area contributed by atoms with Crippen LogP contribution in [0.1, 0.15) is 17.7 Å². The Morgan fingerprint density at radius 2 is 2.17 bits per heavy atom. The molecule has 0 bridgehead atoms. The van der Waals surface area contributed by atoms with E-state index in [1.54, 1.807) is 26.5 Å². The molecule has 8 nitrogen and oxygen atoms in total. The highest BCUT2D eigenvalue weighted by molar-refractivity contribution is 5.94. The lowest BCUT2D eigenvalue weighted by atomic mass is 9.83. The maximum absolute atomic E-state index is 14.6. The van der Waals surface area contributed by atoms with Crippen molar-refractivity contribution in [3.05, 3.63) is 41.7 Å². The Bertz CT molecular complexity index is 1200. The number of halogens is 1. The predicted octanol–water partition coefficient (Wildman–Crippen LogP) is 3.24. The standard InChI is InChI=1S/C20H21FN6O2/c1-28-9-20(29-2)4-3-14-12(7-20)17-18(25-14)22-10-23-19(17)26-16-5-11-8-24-27-15(11)6-13(16)21/h5-6,8,10H,3-4,7,9H2,1-2H3,(H,24,27)(H2,22,23,25,26)/t20-/m0/s1. The molecule has 150 valence electrons. The molecule has 1 aliphatic rings. The zero-order valence-corrected chi connectivity index (χ0v) is 16.2. The van der Waals surface area contributed by atoms with E-state index >= 15 is 0 Å². The third-order valence-electron chi connectivity index (χ3n) is 5.73. The first-order chi connectivity index (χ1) is 14.1. The van der Waals surface area contributed by atoms with Crippen molar-refractivity contribution < 1.29 is 13.9 Å². The highest BCUT2D eigenvalue weighted by atomic mass is 19.1. The van der Waals surface area contributed by atoms with Crippen LogP contribution in [0.25, 0.3) is 21.9 Å². The minimum absolute atomic E-state index is 0.333. The second-order valence-corrected chi connectivity index (χ2v) is 7.44. The number of aromatic nitrogens is 5. The van der Waals surface area contributed by atoms with Crippen molar-refractivity contribution in [3.63, 3.8) is 0 Å². The molecule has 3 aromatic heterocycles. The number of nitrogens with one attached hydrogen (secondary N) is 3. The Hall–Kier alpha value is -3.04. The molecule has 3 N–H and O–H groups in total. The van der Waals surface area contributed by atoms with Gasteiger partial charge in [0.25, 0.3) is 0 Å². The summed E-state index contributed by atoms with van der Waals surface area (Å²) < 4.78 is 25.9. The summed E-state index contributed by atoms with van der Waals surface area (Å²) in [5, 5.41) is 11.5. The van der Waals surface area contributed by atoms with Crippen molar-refractivity contribution in [2.45, 2.75) is 24.9 Å². The van der Waals surface area contributed by atoms with E-state index in [1.165, 1.54) is 12.4 Å². The van der Waals surface area contributed by atoms with Crippen LogP contribution in [-0.4, -0.2) is 51.6 Å². The van der Waals surface area contributed by atoms with Crippen LogP contribution in [-0.2, 0) is 22.3 Å². The fourth-order valence-electron chi connectivity index (χ4n) is 4.21. The molecule has 5 rings (SSSR count). The van der Waals surface area contributed by atoms with Gasteiger partial charge in [0, 0.05) is 37.8 Å². The van der Waals surface area contributed by atoms with Gasteiger partial charge in [-0.25, -0.2) is 14.4 Å². The van der Waals surface area contributed by atoms with Gasteiger partial charge in [-0.1, -0.05) is 0 Å². The minimum Gasteiger partial charge on any atom is -0.382 e. The molecular weight excluding hydrogens is 375 g/mol. The molecule has 29 heavy (non-hydrogen) atoms. The SMILES string of the molecule is COC[C@]1(OC)CCc2[nH]c3ncnc(Nc4cc5cn[nH]c5cc4F)c3c2C1. The summed E-state index contributed by atoms with van der Waals surface area (Å²) in [5.74, 6) is 0.169. The molecule has 0 aliphatic heterocycles. The summed E-state index contributed by atoms with van der Waals surface area (Å²) >= 11 is 0. The van der Waals surface area contributed by atoms with Crippen molar-refractivity contribution in [1.29, 1.82) is 0 Å². The Labute approximate surface area is 165 Å². The zero-order valence-electron chi connectivity index (χ0n) is 16.2. The molecule has 1 aromatic carbocycles. The van der Waals surface area contributed by atoms with Gasteiger partial charge >= 0.3 is 0 Å². The number of nitrogens with zero attached hydrogens (tertiary/aromatic N) is 3. The van der Waals surface area contributed by atoms with Crippen molar-refractivity contribution in [2.24, 2.45) is 0 Å². The van der Waals surface area contributed by atoms with Gasteiger partial charge in [0.05, 0.1) is 35.0 Å². The second-order valence-electron chi connectivity index (χ2n) is 7.44. The average molecular weight is 396 g/mol. The van der Waals surface area contributed by atoms with E-state index in [0.29, 0.717) is 30.0 Å². The molecule has 0 saturated heterocycles. The van der Waals surface area contributed by atoms with Crippen LogP contribution in [0.2, 0.25) is 0 Å². The fraction of sp³-hybridized carbons (Fsp3) is 0.350. The largest absolute Gasteiger partial charge is 0.382 e. The number of benzene rings is 1. The van der Waals surface area contributed by atoms with E-state index in [1.807, 2.05) is 0 Å². The summed E-state index contributed by atoms with van der Waals surface area (Å²) in [6.45, 7) is 0.498. The average Bonchev–Trinajstić information content (AvgIpc) is 3.32. The zero-order chi connectivity index (χ0) is 20.0. The number of anilines is 2. The van der Waals surface area contributed by atoms with Gasteiger partial charge in [0.2, 0.25) is 0 Å². The number of aromatic amines is 2. The van der Waals surface area contributed by atoms with E-state index in [9.17, 15) is 4.39 Å². The quantitative estimate of drug-likeness (QED) is 0.479. The highest BCUT2D eigenvalue weighted by Gasteiger charge is 2.37. The molecule has 1 atom stereocenters. The molecule has 0 saturated carbocycles.